The molecule has 1 amide bonds. The average molecular weight is 413 g/mol. The van der Waals surface area contributed by atoms with Crippen LogP contribution in [0.3, 0.4) is 0 Å². The summed E-state index contributed by atoms with van der Waals surface area (Å²) >= 11 is 0. The molecule has 1 heterocycles. The fourth-order valence-electron chi connectivity index (χ4n) is 3.19. The third-order valence-electron chi connectivity index (χ3n) is 4.82. The van der Waals surface area contributed by atoms with Crippen LogP contribution in [0.1, 0.15) is 15.9 Å². The molecule has 9 heteroatoms. The van der Waals surface area contributed by atoms with E-state index in [4.69, 9.17) is 0 Å². The van der Waals surface area contributed by atoms with Gasteiger partial charge in [-0.25, -0.2) is 12.8 Å². The van der Waals surface area contributed by atoms with Gasteiger partial charge >= 0.3 is 5.76 Å². The minimum Gasteiger partial charge on any atom is -0.328 e. The number of rotatable bonds is 5. The Morgan fingerprint density at radius 1 is 1.04 bits per heavy atom. The summed E-state index contributed by atoms with van der Waals surface area (Å²) in [4.78, 5) is 14.8. The third kappa shape index (κ3) is 4.36. The fraction of sp³-hybridized carbons (Fsp3) is 0.316. The van der Waals surface area contributed by atoms with Crippen molar-refractivity contribution in [3.8, 4) is 0 Å². The molecule has 1 aliphatic heterocycles. The highest BCUT2D eigenvalue weighted by atomic mass is 32.2. The second-order valence-electron chi connectivity index (χ2n) is 6.64. The van der Waals surface area contributed by atoms with Crippen LogP contribution in [0.15, 0.2) is 53.4 Å². The van der Waals surface area contributed by atoms with Gasteiger partial charge in [0.25, 0.3) is 5.91 Å². The second-order valence-corrected chi connectivity index (χ2v) is 8.56. The zero-order valence-electron chi connectivity index (χ0n) is 14.9. The summed E-state index contributed by atoms with van der Waals surface area (Å²) in [6.45, 7) is 2.78. The van der Waals surface area contributed by atoms with Gasteiger partial charge in [0.15, 0.2) is 0 Å². The molecule has 2 aromatic rings. The van der Waals surface area contributed by atoms with Crippen molar-refractivity contribution >= 4 is 15.7 Å². The van der Waals surface area contributed by atoms with E-state index in [-0.39, 0.29) is 17.3 Å². The summed E-state index contributed by atoms with van der Waals surface area (Å²) in [5.41, 5.74) is 0.874. The summed E-state index contributed by atoms with van der Waals surface area (Å²) < 4.78 is 61.8. The van der Waals surface area contributed by atoms with E-state index < -0.39 is 20.5 Å². The monoisotopic (exact) mass is 413 g/mol. The summed E-state index contributed by atoms with van der Waals surface area (Å²) in [5, 5.41) is 0. The molecule has 28 heavy (non-hydrogen) atoms. The molecule has 3 rings (SSSR count). The van der Waals surface area contributed by atoms with Crippen molar-refractivity contribution in [2.45, 2.75) is 17.2 Å². The van der Waals surface area contributed by atoms with Gasteiger partial charge in [-0.3, -0.25) is 4.79 Å². The number of quaternary nitrogens is 1. The number of benzene rings is 2. The van der Waals surface area contributed by atoms with Crippen LogP contribution in [-0.4, -0.2) is 51.2 Å². The molecular weight excluding hydrogens is 393 g/mol. The largest absolute Gasteiger partial charge is 0.341 e. The third-order valence-corrected chi connectivity index (χ3v) is 6.22. The van der Waals surface area contributed by atoms with Crippen LogP contribution in [0.4, 0.5) is 13.2 Å². The fourth-order valence-corrected chi connectivity index (χ4v) is 3.91. The van der Waals surface area contributed by atoms with Crippen molar-refractivity contribution in [3.05, 3.63) is 65.5 Å². The lowest BCUT2D eigenvalue weighted by Gasteiger charge is -2.32. The smallest absolute Gasteiger partial charge is 0.328 e. The average Bonchev–Trinajstić information content (AvgIpc) is 2.70. The number of nitrogens with zero attached hydrogens (tertiary/aromatic N) is 1. The Labute approximate surface area is 161 Å². The van der Waals surface area contributed by atoms with Gasteiger partial charge in [-0.15, -0.1) is 0 Å². The quantitative estimate of drug-likeness (QED) is 0.806. The number of hydrogen-bond acceptors (Lipinski definition) is 3. The van der Waals surface area contributed by atoms with E-state index in [1.165, 1.54) is 18.2 Å². The first-order chi connectivity index (χ1) is 13.3. The molecule has 150 valence electrons. The van der Waals surface area contributed by atoms with E-state index in [2.05, 4.69) is 0 Å². The maximum absolute atomic E-state index is 13.8. The highest BCUT2D eigenvalue weighted by Crippen LogP contribution is 2.19. The van der Waals surface area contributed by atoms with Crippen molar-refractivity contribution in [1.29, 1.82) is 0 Å². The van der Waals surface area contributed by atoms with Gasteiger partial charge in [-0.1, -0.05) is 18.2 Å². The summed E-state index contributed by atoms with van der Waals surface area (Å²) in [5.74, 6) is -4.03. The number of amides is 1. The molecule has 1 aliphatic rings. The molecule has 1 N–H and O–H groups in total. The standard InChI is InChI=1S/C19H19F3N2O3S/c20-17-4-2-1-3-15(17)13-23-9-11-24(12-10-23)18(25)14-5-7-16(8-6-14)28(26,27)19(21)22/h1-8,19H,9-13H2/p+1. The van der Waals surface area contributed by atoms with E-state index >= 15 is 0 Å². The molecule has 0 saturated carbocycles. The van der Waals surface area contributed by atoms with Crippen LogP contribution >= 0.6 is 0 Å². The van der Waals surface area contributed by atoms with Crippen molar-refractivity contribution in [2.24, 2.45) is 0 Å². The van der Waals surface area contributed by atoms with Gasteiger partial charge < -0.3 is 9.80 Å². The number of piperazine rings is 1. The Morgan fingerprint density at radius 3 is 2.21 bits per heavy atom. The Kier molecular flexibility index (Phi) is 6.04. The highest BCUT2D eigenvalue weighted by Gasteiger charge is 2.28. The predicted molar refractivity (Wildman–Crippen MR) is 96.3 cm³/mol. The first kappa shape index (κ1) is 20.3. The van der Waals surface area contributed by atoms with E-state index in [1.54, 1.807) is 23.1 Å². The number of nitrogens with one attached hydrogen (secondary N) is 1. The molecule has 1 fully saturated rings. The van der Waals surface area contributed by atoms with Crippen molar-refractivity contribution in [2.75, 3.05) is 26.2 Å². The molecule has 0 aliphatic carbocycles. The maximum Gasteiger partial charge on any atom is 0.341 e. The minimum absolute atomic E-state index is 0.241. The lowest BCUT2D eigenvalue weighted by Crippen LogP contribution is -3.13. The molecule has 0 unspecified atom stereocenters. The Bertz CT molecular complexity index is 941. The van der Waals surface area contributed by atoms with Crippen molar-refractivity contribution in [3.63, 3.8) is 0 Å². The maximum atomic E-state index is 13.8. The van der Waals surface area contributed by atoms with Crippen molar-refractivity contribution < 1.29 is 31.3 Å². The van der Waals surface area contributed by atoms with Crippen LogP contribution in [0, 0.1) is 5.82 Å². The van der Waals surface area contributed by atoms with Crippen LogP contribution in [0.25, 0.3) is 0 Å². The molecule has 0 bridgehead atoms. The van der Waals surface area contributed by atoms with Crippen LogP contribution in [0.2, 0.25) is 0 Å². The van der Waals surface area contributed by atoms with Gasteiger partial charge in [-0.2, -0.15) is 8.78 Å². The zero-order chi connectivity index (χ0) is 20.3. The van der Waals surface area contributed by atoms with Crippen molar-refractivity contribution in [1.82, 2.24) is 4.90 Å². The minimum atomic E-state index is -4.68. The molecule has 0 aromatic heterocycles. The van der Waals surface area contributed by atoms with Crippen LogP contribution < -0.4 is 4.90 Å². The molecule has 0 spiro atoms. The molecule has 0 radical (unpaired) electrons. The van der Waals surface area contributed by atoms with E-state index in [0.717, 1.165) is 17.0 Å². The summed E-state index contributed by atoms with van der Waals surface area (Å²) in [6.07, 6.45) is 0. The Morgan fingerprint density at radius 2 is 1.64 bits per heavy atom. The van der Waals surface area contributed by atoms with Gasteiger partial charge in [-0.05, 0) is 30.3 Å². The van der Waals surface area contributed by atoms with E-state index in [1.807, 2.05) is 0 Å². The number of sulfone groups is 1. The van der Waals surface area contributed by atoms with Gasteiger partial charge in [0.2, 0.25) is 9.84 Å². The highest BCUT2D eigenvalue weighted by molar-refractivity contribution is 7.91. The number of halogens is 3. The van der Waals surface area contributed by atoms with Gasteiger partial charge in [0.05, 0.1) is 31.1 Å². The number of hydrogen-bond donors (Lipinski definition) is 1. The molecule has 5 nitrogen and oxygen atoms in total. The number of alkyl halides is 2. The topological polar surface area (TPSA) is 58.9 Å². The van der Waals surface area contributed by atoms with Gasteiger partial charge in [0, 0.05) is 11.1 Å². The van der Waals surface area contributed by atoms with Crippen LogP contribution in [-0.2, 0) is 16.4 Å². The lowest BCUT2D eigenvalue weighted by molar-refractivity contribution is -0.917. The number of carbonyl (C=O) groups excluding carboxylic acids is 1. The first-order valence-electron chi connectivity index (χ1n) is 8.77. The lowest BCUT2D eigenvalue weighted by atomic mass is 10.1. The second kappa shape index (κ2) is 8.32. The summed E-state index contributed by atoms with van der Waals surface area (Å²) in [6, 6.07) is 11.1. The van der Waals surface area contributed by atoms with Gasteiger partial charge in [0.1, 0.15) is 12.4 Å². The first-order valence-corrected chi connectivity index (χ1v) is 10.3. The molecular formula is C19H20F3N2O3S+. The van der Waals surface area contributed by atoms with Crippen LogP contribution in [0.5, 0.6) is 0 Å². The molecule has 0 atom stereocenters. The predicted octanol–water partition coefficient (Wildman–Crippen LogP) is 1.36. The summed E-state index contributed by atoms with van der Waals surface area (Å²) in [7, 11) is -4.68. The Balaban J connectivity index is 1.60. The SMILES string of the molecule is O=C(c1ccc(S(=O)(=O)C(F)F)cc1)N1CC[NH+](Cc2ccccc2F)CC1. The Hall–Kier alpha value is -2.39. The van der Waals surface area contributed by atoms with E-state index in [9.17, 15) is 26.4 Å². The number of carbonyl (C=O) groups is 1. The molecule has 2 aromatic carbocycles. The molecule has 1 saturated heterocycles. The zero-order valence-corrected chi connectivity index (χ0v) is 15.8. The normalized spacial score (nSPS) is 15.8. The van der Waals surface area contributed by atoms with E-state index in [0.29, 0.717) is 38.3 Å².